The number of nitrogens with two attached hydrogens (primary N) is 1. The molecule has 142 valence electrons. The second-order valence-corrected chi connectivity index (χ2v) is 7.50. The summed E-state index contributed by atoms with van der Waals surface area (Å²) in [5, 5.41) is 10.5. The number of carboxylic acid groups (broad SMARTS) is 1. The molecule has 0 radical (unpaired) electrons. The molecule has 4 atom stereocenters. The topological polar surface area (TPSA) is 113 Å². The van der Waals surface area contributed by atoms with Crippen molar-refractivity contribution in [2.45, 2.75) is 30.1 Å². The van der Waals surface area contributed by atoms with Gasteiger partial charge in [-0.1, -0.05) is 30.7 Å². The van der Waals surface area contributed by atoms with Crippen LogP contribution in [0.5, 0.6) is 0 Å². The average molecular weight is 386 g/mol. The number of anilines is 1. The molecule has 0 saturated heterocycles. The highest BCUT2D eigenvalue weighted by Crippen LogP contribution is 2.30. The molecular formula is C18H25N3O4S. The summed E-state index contributed by atoms with van der Waals surface area (Å²) in [6.07, 6.45) is -4.40. The quantitative estimate of drug-likeness (QED) is 0.606. The molecule has 0 fully saturated rings. The molecule has 0 spiro atoms. The van der Waals surface area contributed by atoms with Gasteiger partial charge in [0, 0.05) is 34.7 Å². The van der Waals surface area contributed by atoms with Crippen LogP contribution in [-0.2, 0) is 14.8 Å². The normalized spacial score (nSPS) is 18.2. The van der Waals surface area contributed by atoms with Gasteiger partial charge in [0.05, 0.1) is 4.90 Å². The van der Waals surface area contributed by atoms with Crippen molar-refractivity contribution >= 4 is 32.5 Å². The number of fused-ring (bicyclic) bond motifs is 1. The van der Waals surface area contributed by atoms with Gasteiger partial charge in [0.15, 0.2) is 0 Å². The van der Waals surface area contributed by atoms with E-state index >= 15 is 0 Å². The molecule has 0 aliphatic heterocycles. The van der Waals surface area contributed by atoms with E-state index < -0.39 is 41.2 Å². The maximum absolute atomic E-state index is 13.0. The Labute approximate surface area is 158 Å². The Balaban J connectivity index is 2.49. The molecular weight excluding hydrogens is 354 g/mol. The van der Waals surface area contributed by atoms with Crippen molar-refractivity contribution in [1.82, 2.24) is 4.72 Å². The van der Waals surface area contributed by atoms with Crippen molar-refractivity contribution in [2.75, 3.05) is 25.5 Å². The van der Waals surface area contributed by atoms with Crippen LogP contribution in [0.15, 0.2) is 41.3 Å². The molecule has 8 heteroatoms. The summed E-state index contributed by atoms with van der Waals surface area (Å²) in [4.78, 5) is 13.3. The minimum atomic E-state index is -4.33. The van der Waals surface area contributed by atoms with E-state index in [9.17, 15) is 18.3 Å². The number of nitrogens with zero attached hydrogens (tertiary/aromatic N) is 1. The zero-order chi connectivity index (χ0) is 21.9. The number of rotatable bonds is 9. The van der Waals surface area contributed by atoms with Crippen LogP contribution in [0.25, 0.3) is 10.8 Å². The molecule has 2 rings (SSSR count). The summed E-state index contributed by atoms with van der Waals surface area (Å²) in [5.74, 6) is -1.59. The molecule has 26 heavy (non-hydrogen) atoms. The Morgan fingerprint density at radius 3 is 2.50 bits per heavy atom. The first kappa shape index (κ1) is 16.0. The zero-order valence-electron chi connectivity index (χ0n) is 17.6. The van der Waals surface area contributed by atoms with Gasteiger partial charge >= 0.3 is 5.97 Å². The van der Waals surface area contributed by atoms with Gasteiger partial charge in [0.2, 0.25) is 10.0 Å². The molecule has 2 aromatic rings. The molecule has 0 saturated carbocycles. The number of carbonyl (C=O) groups is 1. The molecule has 0 bridgehead atoms. The second-order valence-electron chi connectivity index (χ2n) is 5.82. The minimum Gasteiger partial charge on any atom is -0.480 e. The van der Waals surface area contributed by atoms with Gasteiger partial charge in [0.1, 0.15) is 6.04 Å². The van der Waals surface area contributed by atoms with E-state index in [4.69, 9.17) is 9.85 Å². The van der Waals surface area contributed by atoms with Crippen LogP contribution in [-0.4, -0.2) is 46.2 Å². The zero-order valence-corrected chi connectivity index (χ0v) is 15.4. The van der Waals surface area contributed by atoms with E-state index in [-0.39, 0.29) is 11.4 Å². The molecule has 0 amide bonds. The summed E-state index contributed by atoms with van der Waals surface area (Å²) in [5.41, 5.74) is 6.12. The molecule has 0 aliphatic rings. The van der Waals surface area contributed by atoms with Crippen molar-refractivity contribution in [3.05, 3.63) is 36.4 Å². The first-order chi connectivity index (χ1) is 13.5. The Kier molecular flexibility index (Phi) is 5.23. The maximum Gasteiger partial charge on any atom is 0.321 e. The molecule has 3 unspecified atom stereocenters. The fourth-order valence-electron chi connectivity index (χ4n) is 2.56. The predicted molar refractivity (Wildman–Crippen MR) is 103 cm³/mol. The Hall–Kier alpha value is -2.16. The number of benzene rings is 2. The maximum atomic E-state index is 13.0. The summed E-state index contributed by atoms with van der Waals surface area (Å²) >= 11 is 0. The van der Waals surface area contributed by atoms with Crippen LogP contribution in [0.2, 0.25) is 0 Å². The van der Waals surface area contributed by atoms with E-state index in [0.29, 0.717) is 10.8 Å². The Bertz CT molecular complexity index is 987. The minimum absolute atomic E-state index is 0.125. The molecule has 0 aromatic heterocycles. The van der Waals surface area contributed by atoms with E-state index in [1.807, 2.05) is 29.8 Å². The van der Waals surface area contributed by atoms with Gasteiger partial charge in [-0.2, -0.15) is 4.72 Å². The van der Waals surface area contributed by atoms with Crippen molar-refractivity contribution in [2.24, 2.45) is 5.73 Å². The largest absolute Gasteiger partial charge is 0.480 e. The van der Waals surface area contributed by atoms with Crippen LogP contribution in [0.1, 0.15) is 23.3 Å². The van der Waals surface area contributed by atoms with E-state index in [2.05, 4.69) is 0 Å². The van der Waals surface area contributed by atoms with Crippen molar-refractivity contribution in [3.8, 4) is 0 Å². The summed E-state index contributed by atoms with van der Waals surface area (Å²) in [6.45, 7) is -0.237. The van der Waals surface area contributed by atoms with Crippen molar-refractivity contribution < 1.29 is 22.4 Å². The third-order valence-corrected chi connectivity index (χ3v) is 5.25. The highest BCUT2D eigenvalue weighted by atomic mass is 32.2. The summed E-state index contributed by atoms with van der Waals surface area (Å²) in [6, 6.07) is 7.92. The van der Waals surface area contributed by atoms with Crippen LogP contribution < -0.4 is 15.4 Å². The SMILES string of the molecule is [3H]C(CN)C([3H])C([3H])[C@H](NS(=O)(=O)c1cccc2c(N(C)C)cccc12)C(=O)O. The Morgan fingerprint density at radius 1 is 1.23 bits per heavy atom. The van der Waals surface area contributed by atoms with Crippen LogP contribution in [0, 0.1) is 0 Å². The fourth-order valence-corrected chi connectivity index (χ4v) is 3.93. The number of aliphatic carboxylic acids is 1. The number of carboxylic acids is 1. The van der Waals surface area contributed by atoms with E-state index in [0.717, 1.165) is 5.69 Å². The van der Waals surface area contributed by atoms with Crippen LogP contribution in [0.3, 0.4) is 0 Å². The highest BCUT2D eigenvalue weighted by Gasteiger charge is 2.26. The molecule has 4 N–H and O–H groups in total. The smallest absolute Gasteiger partial charge is 0.321 e. The third-order valence-electron chi connectivity index (χ3n) is 3.75. The number of nitrogens with one attached hydrogen (secondary N) is 1. The van der Waals surface area contributed by atoms with E-state index in [1.54, 1.807) is 24.3 Å². The van der Waals surface area contributed by atoms with Gasteiger partial charge in [-0.25, -0.2) is 8.42 Å². The number of hydrogen-bond acceptors (Lipinski definition) is 5. The lowest BCUT2D eigenvalue weighted by atomic mass is 10.1. The summed E-state index contributed by atoms with van der Waals surface area (Å²) in [7, 11) is -0.686. The molecule has 7 nitrogen and oxygen atoms in total. The lowest BCUT2D eigenvalue weighted by Crippen LogP contribution is -2.40. The standard InChI is InChI=1S/C18H25N3O4S/c1-21(2)16-10-5-8-14-13(16)7-6-11-17(14)26(24,25)20-15(18(22)23)9-3-4-12-19/h5-8,10-11,15,20H,3-4,9,12,19H2,1-2H3,(H,22,23)/t15-/m0/s1/i3T,4T,9T/t3?,4?,9?,15-. The van der Waals surface area contributed by atoms with Gasteiger partial charge in [0.25, 0.3) is 0 Å². The highest BCUT2D eigenvalue weighted by molar-refractivity contribution is 7.89. The molecule has 2 aromatic carbocycles. The predicted octanol–water partition coefficient (Wildman–Crippen LogP) is 1.77. The Morgan fingerprint density at radius 2 is 1.88 bits per heavy atom. The first-order valence-corrected chi connectivity index (χ1v) is 9.40. The van der Waals surface area contributed by atoms with Gasteiger partial charge in [-0.15, -0.1) is 0 Å². The lowest BCUT2D eigenvalue weighted by molar-refractivity contribution is -0.139. The van der Waals surface area contributed by atoms with Gasteiger partial charge in [-0.3, -0.25) is 4.79 Å². The monoisotopic (exact) mass is 385 g/mol. The third kappa shape index (κ3) is 4.51. The number of sulfonamides is 1. The average Bonchev–Trinajstić information content (AvgIpc) is 2.68. The lowest BCUT2D eigenvalue weighted by Gasteiger charge is -2.18. The summed E-state index contributed by atoms with van der Waals surface area (Å²) < 4.78 is 51.6. The fraction of sp³-hybridized carbons (Fsp3) is 0.389. The van der Waals surface area contributed by atoms with Gasteiger partial charge < -0.3 is 15.7 Å². The number of hydrogen-bond donors (Lipinski definition) is 3. The first-order valence-electron chi connectivity index (χ1n) is 9.65. The second kappa shape index (κ2) is 8.48. The molecule has 0 heterocycles. The van der Waals surface area contributed by atoms with Crippen LogP contribution in [0.4, 0.5) is 5.69 Å². The van der Waals surface area contributed by atoms with E-state index in [1.165, 1.54) is 6.07 Å². The molecule has 0 aliphatic carbocycles. The van der Waals surface area contributed by atoms with Crippen molar-refractivity contribution in [1.29, 1.82) is 0 Å². The van der Waals surface area contributed by atoms with Crippen LogP contribution >= 0.6 is 0 Å². The van der Waals surface area contributed by atoms with Crippen molar-refractivity contribution in [3.63, 3.8) is 0 Å². The van der Waals surface area contributed by atoms with Gasteiger partial charge in [-0.05, 0) is 31.5 Å².